The van der Waals surface area contributed by atoms with E-state index in [1.165, 1.54) is 0 Å². The number of hydrogen-bond acceptors (Lipinski definition) is 3. The van der Waals surface area contributed by atoms with Crippen LogP contribution < -0.4 is 5.43 Å². The fourth-order valence-electron chi connectivity index (χ4n) is 2.22. The van der Waals surface area contributed by atoms with Crippen LogP contribution in [-0.2, 0) is 11.2 Å². The van der Waals surface area contributed by atoms with E-state index in [1.807, 2.05) is 0 Å². The molecular formula is C15H9ClO4. The number of halogens is 1. The van der Waals surface area contributed by atoms with Gasteiger partial charge in [-0.15, -0.1) is 0 Å². The fraction of sp³-hybridized carbons (Fsp3) is 0.0667. The second kappa shape index (κ2) is 4.65. The zero-order valence-corrected chi connectivity index (χ0v) is 11.0. The third-order valence-electron chi connectivity index (χ3n) is 3.10. The van der Waals surface area contributed by atoms with Crippen LogP contribution in [0.25, 0.3) is 21.9 Å². The van der Waals surface area contributed by atoms with Crippen LogP contribution in [0.4, 0.5) is 0 Å². The maximum atomic E-state index is 12.4. The topological polar surface area (TPSA) is 67.5 Å². The molecule has 0 radical (unpaired) electrons. The smallest absolute Gasteiger partial charge is 0.307 e. The molecule has 0 unspecified atom stereocenters. The Morgan fingerprint density at radius 2 is 1.75 bits per heavy atom. The van der Waals surface area contributed by atoms with Crippen LogP contribution in [0.5, 0.6) is 0 Å². The number of benzene rings is 2. The summed E-state index contributed by atoms with van der Waals surface area (Å²) >= 11 is 6.04. The van der Waals surface area contributed by atoms with Crippen molar-refractivity contribution in [3.63, 3.8) is 0 Å². The highest BCUT2D eigenvalue weighted by atomic mass is 35.5. The Morgan fingerprint density at radius 1 is 1.10 bits per heavy atom. The van der Waals surface area contributed by atoms with Crippen molar-refractivity contribution in [3.05, 3.63) is 57.2 Å². The number of hydrogen-bond donors (Lipinski definition) is 1. The lowest BCUT2D eigenvalue weighted by Gasteiger charge is -2.06. The molecule has 3 aromatic rings. The number of aliphatic carboxylic acids is 1. The quantitative estimate of drug-likeness (QED) is 0.735. The molecule has 3 rings (SSSR count). The summed E-state index contributed by atoms with van der Waals surface area (Å²) in [5.41, 5.74) is 0.801. The van der Waals surface area contributed by atoms with Crippen LogP contribution in [0, 0.1) is 0 Å². The van der Waals surface area contributed by atoms with Crippen molar-refractivity contribution in [1.29, 1.82) is 0 Å². The molecule has 0 aliphatic carbocycles. The molecule has 0 atom stereocenters. The minimum Gasteiger partial charge on any atom is -0.481 e. The number of rotatable bonds is 2. The van der Waals surface area contributed by atoms with E-state index in [9.17, 15) is 9.59 Å². The van der Waals surface area contributed by atoms with Crippen LogP contribution in [0.2, 0.25) is 5.02 Å². The lowest BCUT2D eigenvalue weighted by atomic mass is 10.1. The van der Waals surface area contributed by atoms with Gasteiger partial charge in [0.1, 0.15) is 5.58 Å². The van der Waals surface area contributed by atoms with E-state index >= 15 is 0 Å². The fourth-order valence-corrected chi connectivity index (χ4v) is 2.44. The highest BCUT2D eigenvalue weighted by Crippen LogP contribution is 2.26. The summed E-state index contributed by atoms with van der Waals surface area (Å²) in [5.74, 6) is -0.987. The SMILES string of the molecule is O=C(O)Cc1cccc2c(=O)c3cccc(Cl)c3oc12. The van der Waals surface area contributed by atoms with Crippen molar-refractivity contribution in [3.8, 4) is 0 Å². The third-order valence-corrected chi connectivity index (χ3v) is 3.40. The zero-order valence-electron chi connectivity index (χ0n) is 10.2. The van der Waals surface area contributed by atoms with Gasteiger partial charge >= 0.3 is 5.97 Å². The van der Waals surface area contributed by atoms with Gasteiger partial charge in [-0.2, -0.15) is 0 Å². The van der Waals surface area contributed by atoms with E-state index in [0.717, 1.165) is 0 Å². The lowest BCUT2D eigenvalue weighted by molar-refractivity contribution is -0.136. The Kier molecular flexibility index (Phi) is 2.95. The normalized spacial score (nSPS) is 11.1. The number of carboxylic acids is 1. The summed E-state index contributed by atoms with van der Waals surface area (Å²) in [6.07, 6.45) is -0.212. The van der Waals surface area contributed by atoms with Crippen molar-refractivity contribution in [2.45, 2.75) is 6.42 Å². The first-order valence-electron chi connectivity index (χ1n) is 5.92. The largest absolute Gasteiger partial charge is 0.481 e. The van der Waals surface area contributed by atoms with E-state index in [-0.39, 0.29) is 23.0 Å². The molecule has 1 aromatic heterocycles. The first kappa shape index (κ1) is 12.7. The molecule has 5 heteroatoms. The second-order valence-corrected chi connectivity index (χ2v) is 4.82. The highest BCUT2D eigenvalue weighted by molar-refractivity contribution is 6.34. The molecule has 2 aromatic carbocycles. The van der Waals surface area contributed by atoms with Crippen LogP contribution in [0.1, 0.15) is 5.56 Å². The van der Waals surface area contributed by atoms with Gasteiger partial charge in [-0.05, 0) is 18.2 Å². The van der Waals surface area contributed by atoms with Crippen molar-refractivity contribution in [2.24, 2.45) is 0 Å². The van der Waals surface area contributed by atoms with Gasteiger partial charge in [0.05, 0.1) is 22.2 Å². The van der Waals surface area contributed by atoms with E-state index in [1.54, 1.807) is 36.4 Å². The van der Waals surface area contributed by atoms with Gasteiger partial charge in [0.2, 0.25) is 5.43 Å². The third kappa shape index (κ3) is 1.94. The summed E-state index contributed by atoms with van der Waals surface area (Å²) in [4.78, 5) is 23.3. The summed E-state index contributed by atoms with van der Waals surface area (Å²) in [5, 5.41) is 9.99. The van der Waals surface area contributed by atoms with Gasteiger partial charge in [-0.3, -0.25) is 9.59 Å². The molecule has 0 saturated carbocycles. The maximum Gasteiger partial charge on any atom is 0.307 e. The van der Waals surface area contributed by atoms with Crippen molar-refractivity contribution >= 4 is 39.5 Å². The molecule has 0 aliphatic heterocycles. The molecule has 0 bridgehead atoms. The number of carbonyl (C=O) groups is 1. The molecule has 100 valence electrons. The summed E-state index contributed by atoms with van der Waals surface area (Å²) in [6, 6.07) is 9.83. The van der Waals surface area contributed by atoms with Gasteiger partial charge in [0.15, 0.2) is 5.58 Å². The molecule has 4 nitrogen and oxygen atoms in total. The second-order valence-electron chi connectivity index (χ2n) is 4.41. The monoisotopic (exact) mass is 288 g/mol. The molecule has 0 fully saturated rings. The van der Waals surface area contributed by atoms with Crippen LogP contribution >= 0.6 is 11.6 Å². The van der Waals surface area contributed by atoms with Gasteiger partial charge in [0.25, 0.3) is 0 Å². The predicted octanol–water partition coefficient (Wildman–Crippen LogP) is 3.23. The molecular weight excluding hydrogens is 280 g/mol. The number of para-hydroxylation sites is 2. The minimum atomic E-state index is -0.987. The van der Waals surface area contributed by atoms with E-state index < -0.39 is 5.97 Å². The van der Waals surface area contributed by atoms with E-state index in [4.69, 9.17) is 21.1 Å². The maximum absolute atomic E-state index is 12.4. The first-order chi connectivity index (χ1) is 9.58. The van der Waals surface area contributed by atoms with Crippen LogP contribution in [0.15, 0.2) is 45.6 Å². The Hall–Kier alpha value is -2.33. The Balaban J connectivity index is 2.47. The lowest BCUT2D eigenvalue weighted by Crippen LogP contribution is -2.06. The van der Waals surface area contributed by atoms with Gasteiger partial charge in [0, 0.05) is 5.56 Å². The molecule has 0 saturated heterocycles. The van der Waals surface area contributed by atoms with E-state index in [2.05, 4.69) is 0 Å². The summed E-state index contributed by atoms with van der Waals surface area (Å²) in [7, 11) is 0. The van der Waals surface area contributed by atoms with Gasteiger partial charge in [-0.25, -0.2) is 0 Å². The average molecular weight is 289 g/mol. The van der Waals surface area contributed by atoms with Crippen molar-refractivity contribution in [2.75, 3.05) is 0 Å². The molecule has 20 heavy (non-hydrogen) atoms. The Bertz CT molecular complexity index is 895. The predicted molar refractivity (Wildman–Crippen MR) is 76.3 cm³/mol. The average Bonchev–Trinajstić information content (AvgIpc) is 2.41. The minimum absolute atomic E-state index is 0.212. The highest BCUT2D eigenvalue weighted by Gasteiger charge is 2.14. The number of fused-ring (bicyclic) bond motifs is 2. The van der Waals surface area contributed by atoms with E-state index in [0.29, 0.717) is 21.4 Å². The molecule has 0 spiro atoms. The molecule has 1 heterocycles. The van der Waals surface area contributed by atoms with Crippen LogP contribution in [-0.4, -0.2) is 11.1 Å². The molecule has 0 aliphatic rings. The van der Waals surface area contributed by atoms with Crippen molar-refractivity contribution in [1.82, 2.24) is 0 Å². The van der Waals surface area contributed by atoms with Gasteiger partial charge in [-0.1, -0.05) is 29.8 Å². The Labute approximate surface area is 118 Å². The van der Waals surface area contributed by atoms with Gasteiger partial charge < -0.3 is 9.52 Å². The number of carboxylic acid groups (broad SMARTS) is 1. The summed E-state index contributed by atoms with van der Waals surface area (Å²) in [6.45, 7) is 0. The Morgan fingerprint density at radius 3 is 2.45 bits per heavy atom. The van der Waals surface area contributed by atoms with Crippen LogP contribution in [0.3, 0.4) is 0 Å². The zero-order chi connectivity index (χ0) is 14.3. The first-order valence-corrected chi connectivity index (χ1v) is 6.30. The molecule has 0 amide bonds. The van der Waals surface area contributed by atoms with Crippen molar-refractivity contribution < 1.29 is 14.3 Å². The molecule has 1 N–H and O–H groups in total. The summed E-state index contributed by atoms with van der Waals surface area (Å²) < 4.78 is 5.69. The standard InChI is InChI=1S/C15H9ClO4/c16-11-6-2-5-10-13(19)9-4-1-3-8(7-12(17)18)14(9)20-15(10)11/h1-6H,7H2,(H,17,18).